The van der Waals surface area contributed by atoms with Crippen LogP contribution in [0.3, 0.4) is 0 Å². The molecule has 3 aromatic rings. The summed E-state index contributed by atoms with van der Waals surface area (Å²) in [6.45, 7) is 0.177. The van der Waals surface area contributed by atoms with Crippen molar-refractivity contribution in [2.45, 2.75) is 6.10 Å². The predicted octanol–water partition coefficient (Wildman–Crippen LogP) is 2.94. The minimum absolute atomic E-state index is 0.177. The van der Waals surface area contributed by atoms with Gasteiger partial charge in [0.2, 0.25) is 0 Å². The molecule has 2 N–H and O–H groups in total. The third-order valence-corrected chi connectivity index (χ3v) is 3.65. The highest BCUT2D eigenvalue weighted by Gasteiger charge is 2.11. The first-order valence-electron chi connectivity index (χ1n) is 7.48. The fraction of sp³-hybridized carbons (Fsp3) is 0.105. The molecule has 0 bridgehead atoms. The summed E-state index contributed by atoms with van der Waals surface area (Å²) in [5, 5.41) is 12.9. The molecule has 4 nitrogen and oxygen atoms in total. The third kappa shape index (κ3) is 3.67. The van der Waals surface area contributed by atoms with Crippen molar-refractivity contribution in [3.8, 4) is 5.69 Å². The smallest absolute Gasteiger partial charge is 0.251 e. The number of aliphatic hydroxyl groups excluding tert-OH is 1. The molecule has 116 valence electrons. The molecule has 23 heavy (non-hydrogen) atoms. The number of benzene rings is 2. The average molecular weight is 306 g/mol. The van der Waals surface area contributed by atoms with Gasteiger partial charge < -0.3 is 15.0 Å². The summed E-state index contributed by atoms with van der Waals surface area (Å²) < 4.78 is 1.94. The highest BCUT2D eigenvalue weighted by molar-refractivity contribution is 5.94. The molecule has 0 fully saturated rings. The second-order valence-electron chi connectivity index (χ2n) is 5.28. The largest absolute Gasteiger partial charge is 0.387 e. The second kappa shape index (κ2) is 6.94. The van der Waals surface area contributed by atoms with Crippen molar-refractivity contribution >= 4 is 5.91 Å². The monoisotopic (exact) mass is 306 g/mol. The Morgan fingerprint density at radius 1 is 1.00 bits per heavy atom. The minimum Gasteiger partial charge on any atom is -0.387 e. The molecular formula is C19H18N2O2. The van der Waals surface area contributed by atoms with E-state index >= 15 is 0 Å². The van der Waals surface area contributed by atoms with E-state index < -0.39 is 6.10 Å². The molecule has 0 saturated heterocycles. The summed E-state index contributed by atoms with van der Waals surface area (Å²) in [7, 11) is 0. The van der Waals surface area contributed by atoms with E-state index in [-0.39, 0.29) is 12.5 Å². The van der Waals surface area contributed by atoms with Gasteiger partial charge in [0.05, 0.1) is 6.10 Å². The fourth-order valence-corrected chi connectivity index (χ4v) is 2.40. The maximum Gasteiger partial charge on any atom is 0.251 e. The van der Waals surface area contributed by atoms with Gasteiger partial charge in [-0.1, -0.05) is 36.4 Å². The second-order valence-corrected chi connectivity index (χ2v) is 5.28. The SMILES string of the molecule is O=C(NCC(O)c1ccccc1)c1cccc(-n2cccc2)c1. The van der Waals surface area contributed by atoms with E-state index in [9.17, 15) is 9.90 Å². The van der Waals surface area contributed by atoms with Gasteiger partial charge in [-0.15, -0.1) is 0 Å². The number of hydrogen-bond acceptors (Lipinski definition) is 2. The number of amides is 1. The number of aliphatic hydroxyl groups is 1. The Morgan fingerprint density at radius 2 is 1.74 bits per heavy atom. The Labute approximate surface area is 135 Å². The van der Waals surface area contributed by atoms with Crippen molar-refractivity contribution in [1.82, 2.24) is 9.88 Å². The van der Waals surface area contributed by atoms with Crippen LogP contribution in [0.15, 0.2) is 79.1 Å². The van der Waals surface area contributed by atoms with Gasteiger partial charge in [-0.05, 0) is 35.9 Å². The molecule has 0 radical (unpaired) electrons. The topological polar surface area (TPSA) is 54.3 Å². The van der Waals surface area contributed by atoms with E-state index in [1.807, 2.05) is 77.6 Å². The average Bonchev–Trinajstić information content (AvgIpc) is 3.15. The molecule has 4 heteroatoms. The molecule has 1 atom stereocenters. The van der Waals surface area contributed by atoms with Crippen LogP contribution >= 0.6 is 0 Å². The van der Waals surface area contributed by atoms with Crippen molar-refractivity contribution in [2.24, 2.45) is 0 Å². The number of rotatable bonds is 5. The van der Waals surface area contributed by atoms with Crippen LogP contribution in [0, 0.1) is 0 Å². The van der Waals surface area contributed by atoms with Crippen LogP contribution in [-0.4, -0.2) is 22.1 Å². The van der Waals surface area contributed by atoms with E-state index in [0.717, 1.165) is 11.3 Å². The Bertz CT molecular complexity index is 767. The van der Waals surface area contributed by atoms with Gasteiger partial charge in [0.15, 0.2) is 0 Å². The van der Waals surface area contributed by atoms with Gasteiger partial charge in [-0.3, -0.25) is 4.79 Å². The molecule has 2 aromatic carbocycles. The normalized spacial score (nSPS) is 11.9. The molecule has 1 unspecified atom stereocenters. The lowest BCUT2D eigenvalue weighted by Crippen LogP contribution is -2.28. The van der Waals surface area contributed by atoms with E-state index in [0.29, 0.717) is 5.56 Å². The maximum absolute atomic E-state index is 12.3. The Balaban J connectivity index is 1.66. The van der Waals surface area contributed by atoms with Crippen LogP contribution in [-0.2, 0) is 0 Å². The Morgan fingerprint density at radius 3 is 2.48 bits per heavy atom. The van der Waals surface area contributed by atoms with E-state index in [4.69, 9.17) is 0 Å². The zero-order chi connectivity index (χ0) is 16.1. The van der Waals surface area contributed by atoms with Crippen molar-refractivity contribution in [1.29, 1.82) is 0 Å². The van der Waals surface area contributed by atoms with Gasteiger partial charge in [-0.25, -0.2) is 0 Å². The summed E-state index contributed by atoms with van der Waals surface area (Å²) in [5.41, 5.74) is 2.27. The van der Waals surface area contributed by atoms with Crippen LogP contribution in [0.5, 0.6) is 0 Å². The summed E-state index contributed by atoms with van der Waals surface area (Å²) in [4.78, 5) is 12.3. The molecular weight excluding hydrogens is 288 g/mol. The highest BCUT2D eigenvalue weighted by atomic mass is 16.3. The fourth-order valence-electron chi connectivity index (χ4n) is 2.40. The molecule has 1 amide bonds. The minimum atomic E-state index is -0.715. The number of hydrogen-bond donors (Lipinski definition) is 2. The van der Waals surface area contributed by atoms with Crippen LogP contribution in [0.2, 0.25) is 0 Å². The lowest BCUT2D eigenvalue weighted by Gasteiger charge is -2.12. The molecule has 0 aliphatic heterocycles. The Hall–Kier alpha value is -2.85. The predicted molar refractivity (Wildman–Crippen MR) is 89.5 cm³/mol. The van der Waals surface area contributed by atoms with Gasteiger partial charge >= 0.3 is 0 Å². The number of nitrogens with zero attached hydrogens (tertiary/aromatic N) is 1. The maximum atomic E-state index is 12.3. The first-order valence-corrected chi connectivity index (χ1v) is 7.48. The molecule has 1 heterocycles. The quantitative estimate of drug-likeness (QED) is 0.761. The van der Waals surface area contributed by atoms with Crippen LogP contribution in [0.4, 0.5) is 0 Å². The van der Waals surface area contributed by atoms with E-state index in [1.54, 1.807) is 6.07 Å². The van der Waals surface area contributed by atoms with Gasteiger partial charge in [0, 0.05) is 30.2 Å². The first kappa shape index (κ1) is 15.1. The van der Waals surface area contributed by atoms with E-state index in [1.165, 1.54) is 0 Å². The molecule has 1 aromatic heterocycles. The van der Waals surface area contributed by atoms with Gasteiger partial charge in [-0.2, -0.15) is 0 Å². The van der Waals surface area contributed by atoms with Crippen molar-refractivity contribution in [3.63, 3.8) is 0 Å². The summed E-state index contributed by atoms with van der Waals surface area (Å²) >= 11 is 0. The van der Waals surface area contributed by atoms with Crippen molar-refractivity contribution in [2.75, 3.05) is 6.54 Å². The van der Waals surface area contributed by atoms with Crippen molar-refractivity contribution in [3.05, 3.63) is 90.3 Å². The van der Waals surface area contributed by atoms with Crippen LogP contribution < -0.4 is 5.32 Å². The van der Waals surface area contributed by atoms with Gasteiger partial charge in [0.25, 0.3) is 5.91 Å². The number of carbonyl (C=O) groups is 1. The Kier molecular flexibility index (Phi) is 4.54. The zero-order valence-corrected chi connectivity index (χ0v) is 12.6. The van der Waals surface area contributed by atoms with Crippen LogP contribution in [0.25, 0.3) is 5.69 Å². The molecule has 0 spiro atoms. The van der Waals surface area contributed by atoms with Gasteiger partial charge in [0.1, 0.15) is 0 Å². The lowest BCUT2D eigenvalue weighted by molar-refractivity contribution is 0.0916. The number of aromatic nitrogens is 1. The number of carbonyl (C=O) groups excluding carboxylic acids is 1. The molecule has 0 saturated carbocycles. The summed E-state index contributed by atoms with van der Waals surface area (Å²) in [5.74, 6) is -0.200. The number of nitrogens with one attached hydrogen (secondary N) is 1. The third-order valence-electron chi connectivity index (χ3n) is 3.65. The summed E-state index contributed by atoms with van der Waals surface area (Å²) in [6.07, 6.45) is 3.14. The van der Waals surface area contributed by atoms with Crippen LogP contribution in [0.1, 0.15) is 22.0 Å². The summed E-state index contributed by atoms with van der Waals surface area (Å²) in [6, 6.07) is 20.5. The first-order chi connectivity index (χ1) is 11.2. The van der Waals surface area contributed by atoms with Crippen molar-refractivity contribution < 1.29 is 9.90 Å². The van der Waals surface area contributed by atoms with E-state index in [2.05, 4.69) is 5.32 Å². The zero-order valence-electron chi connectivity index (χ0n) is 12.6. The molecule has 3 rings (SSSR count). The molecule has 0 aliphatic rings. The lowest BCUT2D eigenvalue weighted by atomic mass is 10.1. The standard InChI is InChI=1S/C19H18N2O2/c22-18(15-7-2-1-3-8-15)14-20-19(23)16-9-6-10-17(13-16)21-11-4-5-12-21/h1-13,18,22H,14H2,(H,20,23). The highest BCUT2D eigenvalue weighted by Crippen LogP contribution is 2.13. The molecule has 0 aliphatic carbocycles.